The fraction of sp³-hybridized carbons (Fsp3) is 0.111. The number of aromatic nitrogens is 1. The molecule has 1 rings (SSSR count). The fourth-order valence-electron chi connectivity index (χ4n) is 0.762. The highest BCUT2D eigenvalue weighted by Gasteiger charge is 2.02. The number of pyridine rings is 1. The van der Waals surface area contributed by atoms with Crippen LogP contribution >= 0.6 is 23.4 Å². The molecule has 1 heterocycles. The van der Waals surface area contributed by atoms with Gasteiger partial charge in [-0.1, -0.05) is 17.7 Å². The number of hydrogen-bond acceptors (Lipinski definition) is 3. The van der Waals surface area contributed by atoms with Gasteiger partial charge in [-0.05, 0) is 12.1 Å². The van der Waals surface area contributed by atoms with Crippen molar-refractivity contribution in [2.45, 2.75) is 5.03 Å². The van der Waals surface area contributed by atoms with E-state index in [4.69, 9.17) is 16.7 Å². The van der Waals surface area contributed by atoms with Gasteiger partial charge in [0, 0.05) is 17.5 Å². The summed E-state index contributed by atoms with van der Waals surface area (Å²) in [6, 6.07) is 3.21. The topological polar surface area (TPSA) is 50.2 Å². The Bertz CT molecular complexity index is 337. The molecule has 0 aromatic carbocycles. The third-order valence-corrected chi connectivity index (χ3v) is 2.47. The van der Waals surface area contributed by atoms with Gasteiger partial charge in [-0.3, -0.25) is 0 Å². The van der Waals surface area contributed by atoms with Gasteiger partial charge in [0.2, 0.25) is 0 Å². The maximum atomic E-state index is 10.5. The first-order valence-electron chi connectivity index (χ1n) is 3.81. The number of carboxylic acids is 1. The Morgan fingerprint density at radius 2 is 2.43 bits per heavy atom. The van der Waals surface area contributed by atoms with Gasteiger partial charge in [-0.15, -0.1) is 11.8 Å². The molecule has 1 aromatic heterocycles. The van der Waals surface area contributed by atoms with Crippen molar-refractivity contribution in [1.82, 2.24) is 4.98 Å². The fourth-order valence-corrected chi connectivity index (χ4v) is 1.61. The average molecular weight is 230 g/mol. The van der Waals surface area contributed by atoms with E-state index >= 15 is 0 Å². The van der Waals surface area contributed by atoms with Crippen LogP contribution in [-0.2, 0) is 0 Å². The van der Waals surface area contributed by atoms with Crippen LogP contribution < -0.4 is 0 Å². The van der Waals surface area contributed by atoms with E-state index in [0.29, 0.717) is 0 Å². The Kier molecular flexibility index (Phi) is 4.49. The van der Waals surface area contributed by atoms with E-state index in [1.807, 2.05) is 0 Å². The predicted octanol–water partition coefficient (Wildman–Crippen LogP) is 2.62. The van der Waals surface area contributed by atoms with Crippen molar-refractivity contribution in [3.63, 3.8) is 0 Å². The molecular formula is C9H8ClNO2S. The number of halogens is 1. The standard InChI is InChI=1S/C9H8ClNO2S/c10-4-1-5-14-8-3-2-7(6-11-8)9(12)13/h1-4,6H,5H2,(H,12,13)/b4-1+. The number of nitrogens with zero attached hydrogens (tertiary/aromatic N) is 1. The smallest absolute Gasteiger partial charge is 0.337 e. The molecule has 14 heavy (non-hydrogen) atoms. The van der Waals surface area contributed by atoms with Gasteiger partial charge in [-0.25, -0.2) is 9.78 Å². The number of hydrogen-bond donors (Lipinski definition) is 1. The van der Waals surface area contributed by atoms with Gasteiger partial charge in [-0.2, -0.15) is 0 Å². The molecule has 1 N–H and O–H groups in total. The van der Waals surface area contributed by atoms with Crippen LogP contribution in [0.25, 0.3) is 0 Å². The Hall–Kier alpha value is -1.00. The summed E-state index contributed by atoms with van der Waals surface area (Å²) in [7, 11) is 0. The highest BCUT2D eigenvalue weighted by Crippen LogP contribution is 2.15. The lowest BCUT2D eigenvalue weighted by Gasteiger charge is -1.97. The summed E-state index contributed by atoms with van der Waals surface area (Å²) in [4.78, 5) is 14.5. The molecule has 0 bridgehead atoms. The monoisotopic (exact) mass is 229 g/mol. The molecule has 0 amide bonds. The molecule has 0 unspecified atom stereocenters. The minimum absolute atomic E-state index is 0.197. The Morgan fingerprint density at radius 1 is 1.64 bits per heavy atom. The van der Waals surface area contributed by atoms with Crippen LogP contribution in [0.1, 0.15) is 10.4 Å². The van der Waals surface area contributed by atoms with Crippen molar-refractivity contribution in [2.75, 3.05) is 5.75 Å². The van der Waals surface area contributed by atoms with E-state index in [0.717, 1.165) is 10.8 Å². The summed E-state index contributed by atoms with van der Waals surface area (Å²) in [6.07, 6.45) is 3.13. The molecule has 3 nitrogen and oxygen atoms in total. The first-order chi connectivity index (χ1) is 6.74. The molecule has 0 saturated heterocycles. The summed E-state index contributed by atoms with van der Waals surface area (Å²) in [6.45, 7) is 0. The maximum absolute atomic E-state index is 10.5. The molecule has 0 aliphatic rings. The molecule has 0 aliphatic heterocycles. The van der Waals surface area contributed by atoms with Gasteiger partial charge in [0.1, 0.15) is 0 Å². The van der Waals surface area contributed by atoms with Crippen LogP contribution in [-0.4, -0.2) is 21.8 Å². The molecule has 1 aromatic rings. The van der Waals surface area contributed by atoms with Crippen LogP contribution in [0.5, 0.6) is 0 Å². The van der Waals surface area contributed by atoms with Crippen molar-refractivity contribution < 1.29 is 9.90 Å². The van der Waals surface area contributed by atoms with Gasteiger partial charge in [0.05, 0.1) is 10.6 Å². The summed E-state index contributed by atoms with van der Waals surface area (Å²) in [5.41, 5.74) is 1.64. The molecule has 0 spiro atoms. The van der Waals surface area contributed by atoms with E-state index in [1.165, 1.54) is 29.6 Å². The molecule has 0 aliphatic carbocycles. The zero-order chi connectivity index (χ0) is 10.4. The number of carboxylic acid groups (broad SMARTS) is 1. The lowest BCUT2D eigenvalue weighted by molar-refractivity contribution is 0.0696. The number of aromatic carboxylic acids is 1. The van der Waals surface area contributed by atoms with Gasteiger partial charge >= 0.3 is 5.97 Å². The van der Waals surface area contributed by atoms with E-state index in [9.17, 15) is 4.79 Å². The Balaban J connectivity index is 2.59. The second-order valence-electron chi connectivity index (χ2n) is 2.36. The average Bonchev–Trinajstić information content (AvgIpc) is 2.19. The van der Waals surface area contributed by atoms with Crippen molar-refractivity contribution >= 4 is 29.3 Å². The largest absolute Gasteiger partial charge is 0.478 e. The van der Waals surface area contributed by atoms with E-state index in [2.05, 4.69) is 4.98 Å². The molecule has 0 fully saturated rings. The first kappa shape index (κ1) is 11.1. The third-order valence-electron chi connectivity index (χ3n) is 1.40. The van der Waals surface area contributed by atoms with Crippen molar-refractivity contribution in [1.29, 1.82) is 0 Å². The van der Waals surface area contributed by atoms with E-state index < -0.39 is 5.97 Å². The lowest BCUT2D eigenvalue weighted by atomic mass is 10.3. The zero-order valence-corrected chi connectivity index (χ0v) is 8.76. The summed E-state index contributed by atoms with van der Waals surface area (Å²) in [5.74, 6) is -0.238. The minimum Gasteiger partial charge on any atom is -0.478 e. The molecular weight excluding hydrogens is 222 g/mol. The number of carbonyl (C=O) groups is 1. The number of thioether (sulfide) groups is 1. The predicted molar refractivity (Wildman–Crippen MR) is 56.9 cm³/mol. The zero-order valence-electron chi connectivity index (χ0n) is 7.18. The Labute approximate surface area is 90.8 Å². The first-order valence-corrected chi connectivity index (χ1v) is 5.23. The highest BCUT2D eigenvalue weighted by atomic mass is 35.5. The van der Waals surface area contributed by atoms with Crippen LogP contribution in [0, 0.1) is 0 Å². The molecule has 5 heteroatoms. The van der Waals surface area contributed by atoms with Crippen molar-refractivity contribution in [3.05, 3.63) is 35.5 Å². The SMILES string of the molecule is O=C(O)c1ccc(SC/C=C/Cl)nc1. The van der Waals surface area contributed by atoms with Crippen molar-refractivity contribution in [2.24, 2.45) is 0 Å². The molecule has 0 atom stereocenters. The van der Waals surface area contributed by atoms with Crippen molar-refractivity contribution in [3.8, 4) is 0 Å². The highest BCUT2D eigenvalue weighted by molar-refractivity contribution is 7.99. The quantitative estimate of drug-likeness (QED) is 0.807. The molecule has 0 radical (unpaired) electrons. The summed E-state index contributed by atoms with van der Waals surface area (Å²) < 4.78 is 0. The van der Waals surface area contributed by atoms with Crippen LogP contribution in [0.15, 0.2) is 35.0 Å². The van der Waals surface area contributed by atoms with Gasteiger partial charge in [0.25, 0.3) is 0 Å². The number of rotatable bonds is 4. The third kappa shape index (κ3) is 3.40. The van der Waals surface area contributed by atoms with E-state index in [1.54, 1.807) is 12.1 Å². The summed E-state index contributed by atoms with van der Waals surface area (Å²) in [5, 5.41) is 9.40. The van der Waals surface area contributed by atoms with Crippen LogP contribution in [0.3, 0.4) is 0 Å². The van der Waals surface area contributed by atoms with E-state index in [-0.39, 0.29) is 5.56 Å². The maximum Gasteiger partial charge on any atom is 0.337 e. The van der Waals surface area contributed by atoms with Gasteiger partial charge in [0.15, 0.2) is 0 Å². The second kappa shape index (κ2) is 5.67. The molecule has 74 valence electrons. The van der Waals surface area contributed by atoms with Gasteiger partial charge < -0.3 is 5.11 Å². The lowest BCUT2D eigenvalue weighted by Crippen LogP contribution is -1.96. The Morgan fingerprint density at radius 3 is 2.93 bits per heavy atom. The van der Waals surface area contributed by atoms with Crippen LogP contribution in [0.4, 0.5) is 0 Å². The molecule has 0 saturated carbocycles. The second-order valence-corrected chi connectivity index (χ2v) is 3.66. The minimum atomic E-state index is -0.963. The van der Waals surface area contributed by atoms with Crippen LogP contribution in [0.2, 0.25) is 0 Å². The summed E-state index contributed by atoms with van der Waals surface area (Å²) >= 11 is 6.83. The normalized spacial score (nSPS) is 10.6.